The molecule has 3 rings (SSSR count). The lowest BCUT2D eigenvalue weighted by Crippen LogP contribution is -2.56. The maximum atomic E-state index is 12.3. The van der Waals surface area contributed by atoms with E-state index >= 15 is 0 Å². The summed E-state index contributed by atoms with van der Waals surface area (Å²) in [6, 6.07) is -3.16. The SMILES string of the molecule is O=C1CC[C@@H](C(=O)NNC(=O)C2CC[C@@H]3CN2C(=O)N3OS(=O)(=O)O)N1. The van der Waals surface area contributed by atoms with E-state index in [-0.39, 0.29) is 31.7 Å². The lowest BCUT2D eigenvalue weighted by molar-refractivity contribution is -0.133. The molecule has 0 radical (unpaired) electrons. The first-order valence-electron chi connectivity index (χ1n) is 7.81. The molecule has 2 bridgehead atoms. The fraction of sp³-hybridized carbons (Fsp3) is 0.667. The van der Waals surface area contributed by atoms with Crippen LogP contribution >= 0.6 is 0 Å². The minimum atomic E-state index is -4.87. The number of hydrogen-bond acceptors (Lipinski definition) is 7. The molecule has 5 amide bonds. The third kappa shape index (κ3) is 3.71. The van der Waals surface area contributed by atoms with Crippen molar-refractivity contribution in [3.8, 4) is 0 Å². The van der Waals surface area contributed by atoms with E-state index in [1.807, 2.05) is 0 Å². The molecular formula is C12H17N5O8S. The Kier molecular flexibility index (Phi) is 4.72. The maximum Gasteiger partial charge on any atom is 0.418 e. The van der Waals surface area contributed by atoms with E-state index in [1.165, 1.54) is 0 Å². The van der Waals surface area contributed by atoms with Crippen molar-refractivity contribution in [3.63, 3.8) is 0 Å². The number of carbonyl (C=O) groups is 4. The van der Waals surface area contributed by atoms with Crippen LogP contribution in [0.4, 0.5) is 4.79 Å². The van der Waals surface area contributed by atoms with Gasteiger partial charge in [0.15, 0.2) is 0 Å². The normalized spacial score (nSPS) is 28.1. The monoisotopic (exact) mass is 391 g/mol. The second-order valence-corrected chi connectivity index (χ2v) is 7.15. The molecule has 144 valence electrons. The van der Waals surface area contributed by atoms with Crippen molar-refractivity contribution < 1.29 is 36.4 Å². The van der Waals surface area contributed by atoms with Crippen LogP contribution in [-0.4, -0.2) is 71.4 Å². The average Bonchev–Trinajstić information content (AvgIpc) is 3.09. The topological polar surface area (TPSA) is 174 Å². The van der Waals surface area contributed by atoms with Crippen LogP contribution in [0.5, 0.6) is 0 Å². The number of amides is 5. The number of rotatable bonds is 4. The van der Waals surface area contributed by atoms with Gasteiger partial charge in [0.1, 0.15) is 12.1 Å². The number of fused-ring (bicyclic) bond motifs is 2. The molecule has 0 saturated carbocycles. The highest BCUT2D eigenvalue weighted by Gasteiger charge is 2.49. The van der Waals surface area contributed by atoms with Crippen LogP contribution in [0.1, 0.15) is 25.7 Å². The minimum absolute atomic E-state index is 0.0407. The summed E-state index contributed by atoms with van der Waals surface area (Å²) in [6.45, 7) is 0.0407. The Bertz CT molecular complexity index is 755. The highest BCUT2D eigenvalue weighted by Crippen LogP contribution is 2.30. The first kappa shape index (κ1) is 18.3. The Morgan fingerprint density at radius 2 is 1.85 bits per heavy atom. The average molecular weight is 391 g/mol. The molecule has 0 aliphatic carbocycles. The van der Waals surface area contributed by atoms with Crippen molar-refractivity contribution in [2.45, 2.75) is 43.8 Å². The Morgan fingerprint density at radius 1 is 1.15 bits per heavy atom. The Labute approximate surface area is 147 Å². The van der Waals surface area contributed by atoms with Gasteiger partial charge in [-0.05, 0) is 19.3 Å². The number of carbonyl (C=O) groups excluding carboxylic acids is 4. The van der Waals surface area contributed by atoms with Crippen LogP contribution in [0.25, 0.3) is 0 Å². The second-order valence-electron chi connectivity index (χ2n) is 6.15. The zero-order valence-electron chi connectivity index (χ0n) is 13.4. The number of urea groups is 1. The van der Waals surface area contributed by atoms with Gasteiger partial charge in [-0.2, -0.15) is 13.5 Å². The van der Waals surface area contributed by atoms with Gasteiger partial charge in [0.05, 0.1) is 6.04 Å². The molecule has 0 aromatic carbocycles. The van der Waals surface area contributed by atoms with Crippen molar-refractivity contribution in [2.24, 2.45) is 0 Å². The summed E-state index contributed by atoms with van der Waals surface area (Å²) in [5, 5.41) is 2.97. The predicted molar refractivity (Wildman–Crippen MR) is 80.8 cm³/mol. The number of piperidine rings is 1. The standard InChI is InChI=1S/C12H17N5O8S/c18-9-4-2-7(13-9)10(19)14-15-11(20)8-3-1-6-5-16(8)12(21)17(6)25-26(22,23)24/h6-8H,1-5H2,(H,13,18)(H,14,19)(H,15,20)(H,22,23,24)/t6-,7+,8?/m1/s1. The molecule has 3 heterocycles. The lowest BCUT2D eigenvalue weighted by Gasteiger charge is -2.29. The predicted octanol–water partition coefficient (Wildman–Crippen LogP) is -2.58. The molecule has 3 saturated heterocycles. The van der Waals surface area contributed by atoms with E-state index in [2.05, 4.69) is 20.5 Å². The fourth-order valence-corrected chi connectivity index (χ4v) is 3.60. The zero-order chi connectivity index (χ0) is 19.1. The molecule has 26 heavy (non-hydrogen) atoms. The molecule has 14 heteroatoms. The second kappa shape index (κ2) is 6.69. The number of nitrogens with one attached hydrogen (secondary N) is 3. The van der Waals surface area contributed by atoms with Crippen LogP contribution in [0, 0.1) is 0 Å². The Balaban J connectivity index is 1.57. The summed E-state index contributed by atoms with van der Waals surface area (Å²) in [4.78, 5) is 48.5. The van der Waals surface area contributed by atoms with Crippen LogP contribution in [0.3, 0.4) is 0 Å². The van der Waals surface area contributed by atoms with E-state index in [1.54, 1.807) is 0 Å². The summed E-state index contributed by atoms with van der Waals surface area (Å²) in [6.07, 6.45) is 1.02. The van der Waals surface area contributed by atoms with Crippen LogP contribution in [0.15, 0.2) is 0 Å². The van der Waals surface area contributed by atoms with Crippen molar-refractivity contribution in [2.75, 3.05) is 6.54 Å². The zero-order valence-corrected chi connectivity index (χ0v) is 14.2. The summed E-state index contributed by atoms with van der Waals surface area (Å²) < 4.78 is 34.7. The lowest BCUT2D eigenvalue weighted by atomic mass is 10.0. The molecule has 0 aromatic rings. The summed E-state index contributed by atoms with van der Waals surface area (Å²) in [7, 11) is -4.87. The third-order valence-corrected chi connectivity index (χ3v) is 4.77. The Hall–Kier alpha value is -2.45. The quantitative estimate of drug-likeness (QED) is 0.298. The van der Waals surface area contributed by atoms with Gasteiger partial charge in [-0.25, -0.2) is 4.79 Å². The van der Waals surface area contributed by atoms with Crippen LogP contribution < -0.4 is 16.2 Å². The van der Waals surface area contributed by atoms with E-state index in [4.69, 9.17) is 4.55 Å². The van der Waals surface area contributed by atoms with Gasteiger partial charge in [-0.1, -0.05) is 0 Å². The minimum Gasteiger partial charge on any atom is -0.344 e. The summed E-state index contributed by atoms with van der Waals surface area (Å²) in [5.41, 5.74) is 4.39. The van der Waals surface area contributed by atoms with Crippen molar-refractivity contribution >= 4 is 34.2 Å². The summed E-state index contributed by atoms with van der Waals surface area (Å²) in [5.74, 6) is -1.50. The fourth-order valence-electron chi connectivity index (χ4n) is 3.21. The van der Waals surface area contributed by atoms with E-state index < -0.39 is 46.4 Å². The van der Waals surface area contributed by atoms with Crippen molar-refractivity contribution in [1.29, 1.82) is 0 Å². The van der Waals surface area contributed by atoms with Gasteiger partial charge in [0.25, 0.3) is 11.8 Å². The van der Waals surface area contributed by atoms with E-state index in [0.717, 1.165) is 4.90 Å². The Morgan fingerprint density at radius 3 is 2.46 bits per heavy atom. The van der Waals surface area contributed by atoms with Gasteiger partial charge in [-0.3, -0.25) is 29.8 Å². The van der Waals surface area contributed by atoms with Crippen molar-refractivity contribution in [1.82, 2.24) is 26.1 Å². The van der Waals surface area contributed by atoms with Gasteiger partial charge in [0, 0.05) is 13.0 Å². The van der Waals surface area contributed by atoms with Gasteiger partial charge in [-0.15, -0.1) is 4.28 Å². The van der Waals surface area contributed by atoms with E-state index in [0.29, 0.717) is 11.5 Å². The van der Waals surface area contributed by atoms with Crippen molar-refractivity contribution in [3.05, 3.63) is 0 Å². The van der Waals surface area contributed by atoms with Crippen LogP contribution in [0.2, 0.25) is 0 Å². The molecule has 3 atom stereocenters. The molecule has 0 spiro atoms. The largest absolute Gasteiger partial charge is 0.418 e. The van der Waals surface area contributed by atoms with Crippen LogP contribution in [-0.2, 0) is 29.1 Å². The first-order chi connectivity index (χ1) is 12.2. The third-order valence-electron chi connectivity index (χ3n) is 4.42. The molecule has 0 aromatic heterocycles. The smallest absolute Gasteiger partial charge is 0.344 e. The summed E-state index contributed by atoms with van der Waals surface area (Å²) >= 11 is 0. The molecule has 3 fully saturated rings. The molecule has 3 aliphatic rings. The number of nitrogens with zero attached hydrogens (tertiary/aromatic N) is 2. The van der Waals surface area contributed by atoms with Gasteiger partial charge >= 0.3 is 16.4 Å². The maximum absolute atomic E-state index is 12.3. The van der Waals surface area contributed by atoms with Gasteiger partial charge in [0.2, 0.25) is 5.91 Å². The molecule has 1 unspecified atom stereocenters. The molecular weight excluding hydrogens is 374 g/mol. The molecule has 4 N–H and O–H groups in total. The number of hydrazine groups is 1. The van der Waals surface area contributed by atoms with E-state index in [9.17, 15) is 27.6 Å². The molecule has 13 nitrogen and oxygen atoms in total. The number of hydroxylamine groups is 2. The number of hydrogen-bond donors (Lipinski definition) is 4. The first-order valence-corrected chi connectivity index (χ1v) is 9.18. The highest BCUT2D eigenvalue weighted by atomic mass is 32.3. The molecule has 3 aliphatic heterocycles. The highest BCUT2D eigenvalue weighted by molar-refractivity contribution is 7.80. The van der Waals surface area contributed by atoms with Gasteiger partial charge < -0.3 is 10.2 Å².